The third kappa shape index (κ3) is 11.5. The molecule has 0 radical (unpaired) electrons. The highest BCUT2D eigenvalue weighted by atomic mass is 32.1. The minimum Gasteiger partial charge on any atom is -0.456 e. The molecular weight excluding hydrogens is 963 g/mol. The Bertz CT molecular complexity index is 3070. The van der Waals surface area contributed by atoms with Crippen LogP contribution in [0.25, 0.3) is 0 Å². The molecule has 7 aromatic rings. The molecule has 2 unspecified atom stereocenters. The fourth-order valence-electron chi connectivity index (χ4n) is 6.78. The summed E-state index contributed by atoms with van der Waals surface area (Å²) in [6.07, 6.45) is 5.73. The van der Waals surface area contributed by atoms with Crippen LogP contribution in [-0.2, 0) is 29.6 Å². The summed E-state index contributed by atoms with van der Waals surface area (Å²) < 4.78 is 131. The van der Waals surface area contributed by atoms with Crippen molar-refractivity contribution in [3.8, 4) is 35.1 Å². The number of pyridine rings is 2. The van der Waals surface area contributed by atoms with Gasteiger partial charge in [0.25, 0.3) is 0 Å². The maximum Gasteiger partial charge on any atom is 0.323 e. The summed E-state index contributed by atoms with van der Waals surface area (Å²) >= 11 is 5.09. The predicted octanol–water partition coefficient (Wildman–Crippen LogP) is 10.6. The molecule has 0 fully saturated rings. The molecule has 0 bridgehead atoms. The standard InChI is InChI=1S/C24H16F4N4O2S.C23H15F4N5O2.2CH4/c25-16-3-7-19(20(26)11-16)23(33,14-32-22(35)9-10-31-32)24(27,28)21-8-6-18(13-30-21)34-17-4-1-15(12-29)2-5-17;24-16-3-7-19(20(25)9-16)22(33,12-32-14-29-13-31-32)23(26,27)21-8-6-18(11-30-21)34-17-4-1-15(10-28)2-5-17;;/h1-8,10-11,13,33H,9,14H2;1-9,11,13-14,33H,12H2;2*1H4. The van der Waals surface area contributed by atoms with Gasteiger partial charge in [-0.25, -0.2) is 27.2 Å². The zero-order valence-corrected chi connectivity index (χ0v) is 35.9. The van der Waals surface area contributed by atoms with E-state index >= 15 is 17.6 Å². The molecule has 2 atom stereocenters. The predicted molar refractivity (Wildman–Crippen MR) is 245 cm³/mol. The average molecular weight is 1000 g/mol. The van der Waals surface area contributed by atoms with Crippen molar-refractivity contribution in [3.05, 3.63) is 191 Å². The second-order valence-electron chi connectivity index (χ2n) is 14.9. The molecule has 0 saturated carbocycles. The Morgan fingerprint density at radius 3 is 1.41 bits per heavy atom. The van der Waals surface area contributed by atoms with E-state index in [2.05, 4.69) is 25.2 Å². The van der Waals surface area contributed by atoms with E-state index in [1.54, 1.807) is 0 Å². The molecule has 13 nitrogen and oxygen atoms in total. The van der Waals surface area contributed by atoms with Crippen LogP contribution in [0.2, 0.25) is 0 Å². The number of halogens is 8. The highest BCUT2D eigenvalue weighted by Gasteiger charge is 2.59. The number of thiocarbonyl (C=S) groups is 1. The number of aliphatic hydroxyl groups is 2. The molecule has 366 valence electrons. The fraction of sp³-hybridized carbons (Fsp3) is 0.184. The summed E-state index contributed by atoms with van der Waals surface area (Å²) in [6, 6.07) is 24.2. The molecule has 0 saturated heterocycles. The summed E-state index contributed by atoms with van der Waals surface area (Å²) in [5, 5.41) is 48.7. The zero-order chi connectivity index (χ0) is 49.6. The van der Waals surface area contributed by atoms with E-state index in [1.807, 2.05) is 12.1 Å². The maximum absolute atomic E-state index is 15.8. The van der Waals surface area contributed by atoms with Crippen molar-refractivity contribution in [3.63, 3.8) is 0 Å². The quantitative estimate of drug-likeness (QED) is 0.0779. The minimum atomic E-state index is -4.16. The van der Waals surface area contributed by atoms with Crippen molar-refractivity contribution in [1.29, 1.82) is 10.5 Å². The lowest BCUT2D eigenvalue weighted by Crippen LogP contribution is -2.51. The molecule has 0 amide bonds. The number of rotatable bonds is 14. The summed E-state index contributed by atoms with van der Waals surface area (Å²) in [7, 11) is 0. The van der Waals surface area contributed by atoms with E-state index in [9.17, 15) is 27.8 Å². The number of alkyl halides is 4. The Hall–Kier alpha value is -8.18. The smallest absolute Gasteiger partial charge is 0.323 e. The van der Waals surface area contributed by atoms with Crippen LogP contribution in [0.1, 0.15) is 54.9 Å². The molecule has 3 aromatic heterocycles. The molecule has 1 aliphatic rings. The van der Waals surface area contributed by atoms with E-state index < -0.39 is 81.9 Å². The first-order valence-electron chi connectivity index (χ1n) is 19.9. The van der Waals surface area contributed by atoms with E-state index in [-0.39, 0.29) is 37.8 Å². The largest absolute Gasteiger partial charge is 0.456 e. The van der Waals surface area contributed by atoms with Crippen molar-refractivity contribution in [2.45, 2.75) is 50.9 Å². The summed E-state index contributed by atoms with van der Waals surface area (Å²) in [5.41, 5.74) is -9.02. The molecule has 71 heavy (non-hydrogen) atoms. The lowest BCUT2D eigenvalue weighted by Gasteiger charge is -2.38. The summed E-state index contributed by atoms with van der Waals surface area (Å²) in [6.45, 7) is -1.79. The van der Waals surface area contributed by atoms with Gasteiger partial charge < -0.3 is 19.7 Å². The van der Waals surface area contributed by atoms with E-state index in [0.29, 0.717) is 34.8 Å². The van der Waals surface area contributed by atoms with Crippen molar-refractivity contribution in [1.82, 2.24) is 29.7 Å². The molecule has 0 spiro atoms. The molecular formula is C49H39F8N9O4S. The van der Waals surface area contributed by atoms with Gasteiger partial charge in [-0.2, -0.15) is 38.3 Å². The maximum atomic E-state index is 15.8. The Balaban J connectivity index is 0.000000257. The number of hydrogen-bond donors (Lipinski definition) is 2. The molecule has 4 aromatic carbocycles. The average Bonchev–Trinajstić information content (AvgIpc) is 4.00. The fourth-order valence-corrected chi connectivity index (χ4v) is 6.97. The molecule has 1 aliphatic heterocycles. The summed E-state index contributed by atoms with van der Waals surface area (Å²) in [4.78, 5) is 11.3. The van der Waals surface area contributed by atoms with Gasteiger partial charge in [-0.3, -0.25) is 15.0 Å². The van der Waals surface area contributed by atoms with Crippen molar-refractivity contribution < 1.29 is 54.8 Å². The Morgan fingerprint density at radius 1 is 0.620 bits per heavy atom. The van der Waals surface area contributed by atoms with Gasteiger partial charge in [0.1, 0.15) is 75.3 Å². The first kappa shape index (κ1) is 53.8. The Kier molecular flexibility index (Phi) is 16.7. The third-order valence-electron chi connectivity index (χ3n) is 10.4. The number of nitriles is 2. The van der Waals surface area contributed by atoms with Crippen LogP contribution in [0.3, 0.4) is 0 Å². The van der Waals surface area contributed by atoms with Gasteiger partial charge in [-0.15, -0.1) is 0 Å². The van der Waals surface area contributed by atoms with Gasteiger partial charge in [0.15, 0.2) is 11.2 Å². The highest BCUT2D eigenvalue weighted by molar-refractivity contribution is 7.80. The third-order valence-corrected chi connectivity index (χ3v) is 10.7. The van der Waals surface area contributed by atoms with Crippen LogP contribution in [-0.4, -0.2) is 57.7 Å². The van der Waals surface area contributed by atoms with Crippen LogP contribution < -0.4 is 9.47 Å². The first-order chi connectivity index (χ1) is 32.9. The lowest BCUT2D eigenvalue weighted by molar-refractivity contribution is -0.207. The van der Waals surface area contributed by atoms with Crippen LogP contribution in [0.4, 0.5) is 35.1 Å². The summed E-state index contributed by atoms with van der Waals surface area (Å²) in [5.74, 6) is -12.1. The number of β-amino-alcohol motifs (C(OH)–C–C–N with tert-alkyl or cyclic N) is 1. The van der Waals surface area contributed by atoms with Gasteiger partial charge in [0, 0.05) is 35.9 Å². The SMILES string of the molecule is C.C.N#Cc1ccc(Oc2ccc(C(F)(F)C(O)(CN3N=CCC3=S)c3ccc(F)cc3F)nc2)cc1.N#Cc1ccc(Oc2ccc(C(F)(F)C(O)(Cn3cncn3)c3ccc(F)cc3F)nc2)cc1. The van der Waals surface area contributed by atoms with Gasteiger partial charge in [0.05, 0.1) is 48.7 Å². The second kappa shape index (κ2) is 22.1. The number of benzene rings is 4. The minimum absolute atomic E-state index is 0. The Labute approximate surface area is 406 Å². The highest BCUT2D eigenvalue weighted by Crippen LogP contribution is 2.48. The lowest BCUT2D eigenvalue weighted by atomic mass is 9.84. The number of hydrogen-bond acceptors (Lipinski definition) is 12. The number of nitrogens with zero attached hydrogens (tertiary/aromatic N) is 9. The number of hydrazone groups is 1. The topological polar surface area (TPSA) is 179 Å². The van der Waals surface area contributed by atoms with Crippen molar-refractivity contribution >= 4 is 23.4 Å². The first-order valence-corrected chi connectivity index (χ1v) is 20.3. The monoisotopic (exact) mass is 1000 g/mol. The number of aromatic nitrogens is 5. The second-order valence-corrected chi connectivity index (χ2v) is 15.4. The zero-order valence-electron chi connectivity index (χ0n) is 35.1. The van der Waals surface area contributed by atoms with Crippen molar-refractivity contribution in [2.24, 2.45) is 5.10 Å². The molecule has 8 rings (SSSR count). The molecule has 0 aliphatic carbocycles. The normalized spacial score (nSPS) is 13.7. The van der Waals surface area contributed by atoms with E-state index in [4.69, 9.17) is 32.2 Å². The van der Waals surface area contributed by atoms with Crippen LogP contribution >= 0.6 is 12.2 Å². The van der Waals surface area contributed by atoms with Gasteiger partial charge in [-0.05, 0) is 97.1 Å². The van der Waals surface area contributed by atoms with Gasteiger partial charge >= 0.3 is 11.8 Å². The van der Waals surface area contributed by atoms with Gasteiger partial charge in [-0.1, -0.05) is 27.1 Å². The Morgan fingerprint density at radius 2 is 1.06 bits per heavy atom. The van der Waals surface area contributed by atoms with E-state index in [0.717, 1.165) is 71.1 Å². The molecule has 2 N–H and O–H groups in total. The van der Waals surface area contributed by atoms with Crippen molar-refractivity contribution in [2.75, 3.05) is 6.54 Å². The number of ether oxygens (including phenoxy) is 2. The van der Waals surface area contributed by atoms with E-state index in [1.165, 1.54) is 66.9 Å². The molecule has 22 heteroatoms. The van der Waals surface area contributed by atoms with Crippen LogP contribution in [0.15, 0.2) is 139 Å². The van der Waals surface area contributed by atoms with Gasteiger partial charge in [0.2, 0.25) is 0 Å². The van der Waals surface area contributed by atoms with Crippen LogP contribution in [0, 0.1) is 45.9 Å². The molecule has 4 heterocycles. The van der Waals surface area contributed by atoms with Crippen LogP contribution in [0.5, 0.6) is 23.0 Å².